The number of nitrogens with zero attached hydrogens (tertiary/aromatic N) is 1. The van der Waals surface area contributed by atoms with Crippen molar-refractivity contribution in [1.29, 1.82) is 0 Å². The Bertz CT molecular complexity index is 128. The lowest BCUT2D eigenvalue weighted by molar-refractivity contribution is -0.908. The summed E-state index contributed by atoms with van der Waals surface area (Å²) in [4.78, 5) is 0. The van der Waals surface area contributed by atoms with E-state index in [0.29, 0.717) is 30.8 Å². The van der Waals surface area contributed by atoms with E-state index in [0.717, 1.165) is 0 Å². The van der Waals surface area contributed by atoms with E-state index in [2.05, 4.69) is 0 Å². The summed E-state index contributed by atoms with van der Waals surface area (Å²) in [5.74, 6) is 0. The molecule has 1 aliphatic rings. The molecule has 1 saturated heterocycles. The van der Waals surface area contributed by atoms with E-state index in [9.17, 15) is 8.63 Å². The summed E-state index contributed by atoms with van der Waals surface area (Å²) in [5, 5.41) is 0. The first kappa shape index (κ1) is 8.94. The van der Waals surface area contributed by atoms with Gasteiger partial charge in [-0.3, -0.25) is 8.63 Å². The van der Waals surface area contributed by atoms with Gasteiger partial charge in [0.05, 0.1) is 20.3 Å². The van der Waals surface area contributed by atoms with Gasteiger partial charge in [0, 0.05) is 0 Å². The molecule has 1 rings (SSSR count). The molecule has 0 bridgehead atoms. The van der Waals surface area contributed by atoms with E-state index < -0.39 is 7.27 Å². The van der Waals surface area contributed by atoms with Crippen LogP contribution in [0.15, 0.2) is 0 Å². The molecule has 2 nitrogen and oxygen atoms in total. The summed E-state index contributed by atoms with van der Waals surface area (Å²) >= 11 is 0. The fraction of sp³-hybridized carbons (Fsp3) is 1.00. The van der Waals surface area contributed by atoms with Gasteiger partial charge in [0.1, 0.15) is 19.5 Å². The minimum absolute atomic E-state index is 0.0383. The van der Waals surface area contributed by atoms with E-state index in [4.69, 9.17) is 4.74 Å². The molecule has 0 saturated carbocycles. The Kier molecular flexibility index (Phi) is 2.84. The Morgan fingerprint density at radius 1 is 1.36 bits per heavy atom. The minimum atomic E-state index is -2.20. The number of hydrogen-bond acceptors (Lipinski definition) is 1. The van der Waals surface area contributed by atoms with Crippen LogP contribution < -0.4 is 0 Å². The summed E-state index contributed by atoms with van der Waals surface area (Å²) in [7, 11) is -0.340. The quantitative estimate of drug-likeness (QED) is 0.424. The Balaban J connectivity index is 2.37. The van der Waals surface area contributed by atoms with Gasteiger partial charge < -0.3 is 9.22 Å². The summed E-state index contributed by atoms with van der Waals surface area (Å²) < 4.78 is 29.6. The molecule has 11 heavy (non-hydrogen) atoms. The van der Waals surface area contributed by atoms with E-state index in [1.165, 1.54) is 0 Å². The summed E-state index contributed by atoms with van der Waals surface area (Å²) in [5.41, 5.74) is 0. The van der Waals surface area contributed by atoms with Gasteiger partial charge >= 0.3 is 7.27 Å². The Morgan fingerprint density at radius 2 is 1.91 bits per heavy atom. The van der Waals surface area contributed by atoms with Crippen molar-refractivity contribution >= 4 is 7.27 Å². The molecular formula is C6H13BF2NO+. The highest BCUT2D eigenvalue weighted by molar-refractivity contribution is 6.42. The normalized spacial score (nSPS) is 23.2. The number of hydrogen-bond donors (Lipinski definition) is 0. The van der Waals surface area contributed by atoms with Gasteiger partial charge in [-0.05, 0) is 0 Å². The third-order valence-corrected chi connectivity index (χ3v) is 2.13. The Labute approximate surface area is 65.9 Å². The molecule has 0 radical (unpaired) electrons. The third-order valence-electron chi connectivity index (χ3n) is 2.13. The molecule has 0 spiro atoms. The highest BCUT2D eigenvalue weighted by Crippen LogP contribution is 2.08. The van der Waals surface area contributed by atoms with Crippen molar-refractivity contribution in [2.45, 2.75) is 0 Å². The Hall–Kier alpha value is -0.155. The summed E-state index contributed by atoms with van der Waals surface area (Å²) in [6.07, 6.45) is -0.0383. The molecule has 0 unspecified atom stereocenters. The lowest BCUT2D eigenvalue weighted by Gasteiger charge is -2.36. The predicted octanol–water partition coefficient (Wildman–Crippen LogP) is 0.430. The van der Waals surface area contributed by atoms with Crippen LogP contribution in [0.1, 0.15) is 0 Å². The summed E-state index contributed by atoms with van der Waals surface area (Å²) in [6, 6.07) is 0. The average molecular weight is 164 g/mol. The zero-order chi connectivity index (χ0) is 8.32. The van der Waals surface area contributed by atoms with E-state index in [1.807, 2.05) is 7.05 Å². The van der Waals surface area contributed by atoms with Gasteiger partial charge in [-0.1, -0.05) is 0 Å². The van der Waals surface area contributed by atoms with Gasteiger partial charge in [0.15, 0.2) is 0 Å². The van der Waals surface area contributed by atoms with E-state index in [1.54, 1.807) is 0 Å². The molecule has 0 aromatic heterocycles. The van der Waals surface area contributed by atoms with Gasteiger partial charge in [-0.15, -0.1) is 0 Å². The van der Waals surface area contributed by atoms with Crippen molar-refractivity contribution in [3.8, 4) is 0 Å². The van der Waals surface area contributed by atoms with Crippen LogP contribution in [0.25, 0.3) is 0 Å². The van der Waals surface area contributed by atoms with Crippen LogP contribution in [-0.2, 0) is 4.74 Å². The first-order valence-electron chi connectivity index (χ1n) is 3.82. The second kappa shape index (κ2) is 3.49. The van der Waals surface area contributed by atoms with Crippen LogP contribution in [0, 0.1) is 0 Å². The van der Waals surface area contributed by atoms with Crippen LogP contribution >= 0.6 is 0 Å². The largest absolute Gasteiger partial charge is 0.592 e. The Morgan fingerprint density at radius 3 is 2.36 bits per heavy atom. The highest BCUT2D eigenvalue weighted by atomic mass is 19.2. The van der Waals surface area contributed by atoms with Crippen molar-refractivity contribution in [1.82, 2.24) is 0 Å². The molecular weight excluding hydrogens is 151 g/mol. The van der Waals surface area contributed by atoms with Crippen molar-refractivity contribution in [3.63, 3.8) is 0 Å². The van der Waals surface area contributed by atoms with Crippen molar-refractivity contribution < 1.29 is 17.9 Å². The average Bonchev–Trinajstić information content (AvgIpc) is 1.85. The van der Waals surface area contributed by atoms with Crippen LogP contribution in [-0.4, -0.2) is 51.5 Å². The second-order valence-corrected chi connectivity index (χ2v) is 3.25. The lowest BCUT2D eigenvalue weighted by Crippen LogP contribution is -2.55. The number of ether oxygens (including phenoxy) is 1. The van der Waals surface area contributed by atoms with Crippen molar-refractivity contribution in [2.24, 2.45) is 0 Å². The maximum Gasteiger partial charge on any atom is 0.592 e. The molecule has 0 atom stereocenters. The van der Waals surface area contributed by atoms with E-state index in [-0.39, 0.29) is 6.44 Å². The maximum absolute atomic E-state index is 12.0. The lowest BCUT2D eigenvalue weighted by atomic mass is 9.96. The molecule has 1 heterocycles. The fourth-order valence-electron chi connectivity index (χ4n) is 1.30. The molecule has 1 aliphatic heterocycles. The van der Waals surface area contributed by atoms with Crippen LogP contribution in [0.2, 0.25) is 0 Å². The molecule has 0 aromatic rings. The van der Waals surface area contributed by atoms with Crippen LogP contribution in [0.3, 0.4) is 0 Å². The smallest absolute Gasteiger partial charge is 0.370 e. The van der Waals surface area contributed by atoms with Gasteiger partial charge in [-0.25, -0.2) is 0 Å². The zero-order valence-corrected chi connectivity index (χ0v) is 6.72. The highest BCUT2D eigenvalue weighted by Gasteiger charge is 2.32. The topological polar surface area (TPSA) is 9.23 Å². The first-order chi connectivity index (χ1) is 5.12. The number of likely N-dealkylation sites (N-methyl/N-ethyl adjacent to an activating group) is 1. The summed E-state index contributed by atoms with van der Waals surface area (Å²) in [6.45, 7) is 2.65. The zero-order valence-electron chi connectivity index (χ0n) is 6.72. The predicted molar refractivity (Wildman–Crippen MR) is 39.6 cm³/mol. The molecule has 64 valence electrons. The van der Waals surface area contributed by atoms with Crippen molar-refractivity contribution in [2.75, 3.05) is 39.8 Å². The first-order valence-corrected chi connectivity index (χ1v) is 3.82. The molecule has 0 N–H and O–H groups in total. The van der Waals surface area contributed by atoms with E-state index >= 15 is 0 Å². The molecule has 0 aromatic carbocycles. The monoisotopic (exact) mass is 164 g/mol. The number of halogens is 2. The second-order valence-electron chi connectivity index (χ2n) is 3.25. The van der Waals surface area contributed by atoms with Gasteiger partial charge in [0.2, 0.25) is 0 Å². The molecule has 0 amide bonds. The van der Waals surface area contributed by atoms with Gasteiger partial charge in [-0.2, -0.15) is 0 Å². The van der Waals surface area contributed by atoms with Crippen LogP contribution in [0.5, 0.6) is 0 Å². The standard InChI is InChI=1S/C6H13BF2NO/c1-10(6-7(8)9)2-4-11-5-3-10/h2-6H2,1H3/q+1. The SMILES string of the molecule is C[N+]1(CB(F)F)CCOCC1. The third kappa shape index (κ3) is 2.75. The molecule has 5 heteroatoms. The number of quaternary nitrogens is 1. The molecule has 1 fully saturated rings. The van der Waals surface area contributed by atoms with Gasteiger partial charge in [0.25, 0.3) is 0 Å². The number of morpholine rings is 1. The fourth-order valence-corrected chi connectivity index (χ4v) is 1.30. The maximum atomic E-state index is 12.0. The number of rotatable bonds is 2. The van der Waals surface area contributed by atoms with Crippen molar-refractivity contribution in [3.05, 3.63) is 0 Å². The van der Waals surface area contributed by atoms with Crippen LogP contribution in [0.4, 0.5) is 8.63 Å². The minimum Gasteiger partial charge on any atom is -0.370 e. The molecule has 0 aliphatic carbocycles.